The molecule has 1 heterocycles. The van der Waals surface area contributed by atoms with Gasteiger partial charge in [0.05, 0.1) is 16.4 Å². The van der Waals surface area contributed by atoms with Crippen molar-refractivity contribution in [1.82, 2.24) is 14.8 Å². The number of ether oxygens (including phenoxy) is 1. The van der Waals surface area contributed by atoms with E-state index in [0.29, 0.717) is 16.5 Å². The average molecular weight is 447 g/mol. The van der Waals surface area contributed by atoms with Gasteiger partial charge in [0.25, 0.3) is 11.7 Å². The van der Waals surface area contributed by atoms with E-state index >= 15 is 0 Å². The second-order valence-corrected chi connectivity index (χ2v) is 7.39. The summed E-state index contributed by atoms with van der Waals surface area (Å²) in [5, 5.41) is 7.34. The number of esters is 1. The second kappa shape index (κ2) is 9.45. The Bertz CT molecular complexity index is 1200. The van der Waals surface area contributed by atoms with Crippen molar-refractivity contribution in [3.8, 4) is 17.1 Å². The first-order valence-electron chi connectivity index (χ1n) is 9.82. The van der Waals surface area contributed by atoms with Gasteiger partial charge in [-0.15, -0.1) is 5.10 Å². The summed E-state index contributed by atoms with van der Waals surface area (Å²) in [5.41, 5.74) is 2.93. The summed E-state index contributed by atoms with van der Waals surface area (Å²) in [4.78, 5) is 29.1. The maximum Gasteiger partial charge on any atom is 0.378 e. The molecular formula is C24H19ClN4O3. The van der Waals surface area contributed by atoms with E-state index < -0.39 is 18.5 Å². The first-order valence-corrected chi connectivity index (χ1v) is 10.2. The molecule has 0 fully saturated rings. The van der Waals surface area contributed by atoms with E-state index in [2.05, 4.69) is 15.4 Å². The lowest BCUT2D eigenvalue weighted by atomic mass is 10.2. The van der Waals surface area contributed by atoms with Crippen LogP contribution in [0.5, 0.6) is 0 Å². The van der Waals surface area contributed by atoms with Crippen LogP contribution in [0.15, 0.2) is 78.9 Å². The number of para-hydroxylation sites is 1. The monoisotopic (exact) mass is 446 g/mol. The Morgan fingerprint density at radius 3 is 2.38 bits per heavy atom. The molecule has 160 valence electrons. The predicted octanol–water partition coefficient (Wildman–Crippen LogP) is 4.69. The van der Waals surface area contributed by atoms with E-state index in [1.165, 1.54) is 0 Å². The molecule has 4 aromatic rings. The van der Waals surface area contributed by atoms with Crippen molar-refractivity contribution in [3.05, 3.63) is 95.3 Å². The molecule has 0 spiro atoms. The Kier molecular flexibility index (Phi) is 6.28. The number of aryl methyl sites for hydroxylation is 1. The van der Waals surface area contributed by atoms with Crippen LogP contribution >= 0.6 is 11.6 Å². The minimum atomic E-state index is -0.804. The van der Waals surface area contributed by atoms with Gasteiger partial charge in [-0.3, -0.25) is 4.79 Å². The molecule has 0 saturated carbocycles. The van der Waals surface area contributed by atoms with Crippen LogP contribution in [-0.4, -0.2) is 33.2 Å². The molecule has 0 aliphatic heterocycles. The smallest absolute Gasteiger partial charge is 0.378 e. The predicted molar refractivity (Wildman–Crippen MR) is 122 cm³/mol. The Labute approximate surface area is 189 Å². The molecule has 3 aromatic carbocycles. The number of anilines is 1. The number of hydrogen-bond donors (Lipinski definition) is 1. The summed E-state index contributed by atoms with van der Waals surface area (Å²) in [6.07, 6.45) is 0. The Balaban J connectivity index is 1.51. The highest BCUT2D eigenvalue weighted by Gasteiger charge is 2.21. The molecule has 32 heavy (non-hydrogen) atoms. The summed E-state index contributed by atoms with van der Waals surface area (Å²) in [5.74, 6) is -0.981. The molecule has 7 nitrogen and oxygen atoms in total. The number of carbonyl (C=O) groups is 2. The highest BCUT2D eigenvalue weighted by Crippen LogP contribution is 2.23. The minimum absolute atomic E-state index is 0.145. The normalized spacial score (nSPS) is 10.6. The number of benzene rings is 3. The van der Waals surface area contributed by atoms with Crippen molar-refractivity contribution in [2.24, 2.45) is 0 Å². The highest BCUT2D eigenvalue weighted by molar-refractivity contribution is 6.33. The quantitative estimate of drug-likeness (QED) is 0.434. The molecule has 0 aliphatic carbocycles. The minimum Gasteiger partial charge on any atom is -0.450 e. The zero-order chi connectivity index (χ0) is 22.5. The zero-order valence-corrected chi connectivity index (χ0v) is 17.9. The molecule has 1 amide bonds. The van der Waals surface area contributed by atoms with Gasteiger partial charge in [0, 0.05) is 5.56 Å². The molecular weight excluding hydrogens is 428 g/mol. The molecule has 0 bridgehead atoms. The van der Waals surface area contributed by atoms with Gasteiger partial charge < -0.3 is 10.1 Å². The largest absolute Gasteiger partial charge is 0.450 e. The van der Waals surface area contributed by atoms with Gasteiger partial charge in [-0.1, -0.05) is 66.2 Å². The molecule has 1 aromatic heterocycles. The molecule has 0 unspecified atom stereocenters. The number of carbonyl (C=O) groups excluding carboxylic acids is 2. The van der Waals surface area contributed by atoms with Crippen molar-refractivity contribution >= 4 is 29.2 Å². The van der Waals surface area contributed by atoms with E-state index in [1.54, 1.807) is 16.8 Å². The number of nitrogens with one attached hydrogen (secondary N) is 1. The van der Waals surface area contributed by atoms with Gasteiger partial charge in [-0.05, 0) is 36.8 Å². The van der Waals surface area contributed by atoms with Gasteiger partial charge >= 0.3 is 5.97 Å². The van der Waals surface area contributed by atoms with Crippen molar-refractivity contribution in [2.45, 2.75) is 6.92 Å². The number of amides is 1. The summed E-state index contributed by atoms with van der Waals surface area (Å²) in [6, 6.07) is 23.9. The van der Waals surface area contributed by atoms with Gasteiger partial charge in [0.2, 0.25) is 0 Å². The van der Waals surface area contributed by atoms with Crippen LogP contribution in [0.1, 0.15) is 16.2 Å². The third-order valence-electron chi connectivity index (χ3n) is 4.56. The highest BCUT2D eigenvalue weighted by atomic mass is 35.5. The van der Waals surface area contributed by atoms with Crippen molar-refractivity contribution in [2.75, 3.05) is 11.9 Å². The summed E-state index contributed by atoms with van der Waals surface area (Å²) >= 11 is 6.12. The zero-order valence-electron chi connectivity index (χ0n) is 17.2. The number of aromatic nitrogens is 3. The van der Waals surface area contributed by atoms with Crippen molar-refractivity contribution < 1.29 is 14.3 Å². The number of rotatable bonds is 6. The summed E-state index contributed by atoms with van der Waals surface area (Å²) in [7, 11) is 0. The van der Waals surface area contributed by atoms with Gasteiger partial charge in [-0.25, -0.2) is 14.5 Å². The third-order valence-corrected chi connectivity index (χ3v) is 4.87. The van der Waals surface area contributed by atoms with Crippen molar-refractivity contribution in [3.63, 3.8) is 0 Å². The molecule has 0 aliphatic rings. The number of hydrogen-bond acceptors (Lipinski definition) is 5. The Hall–Kier alpha value is -3.97. The van der Waals surface area contributed by atoms with Crippen molar-refractivity contribution in [1.29, 1.82) is 0 Å². The van der Waals surface area contributed by atoms with Crippen LogP contribution in [0.3, 0.4) is 0 Å². The lowest BCUT2D eigenvalue weighted by molar-refractivity contribution is -0.119. The van der Waals surface area contributed by atoms with Gasteiger partial charge in [-0.2, -0.15) is 0 Å². The number of nitrogens with zero attached hydrogens (tertiary/aromatic N) is 3. The third kappa shape index (κ3) is 4.84. The van der Waals surface area contributed by atoms with Gasteiger partial charge in [0.15, 0.2) is 12.4 Å². The van der Waals surface area contributed by atoms with Crippen LogP contribution in [0.4, 0.5) is 5.69 Å². The first-order chi connectivity index (χ1) is 15.5. The van der Waals surface area contributed by atoms with E-state index in [1.807, 2.05) is 73.7 Å². The lowest BCUT2D eigenvalue weighted by Gasteiger charge is -2.08. The summed E-state index contributed by atoms with van der Waals surface area (Å²) < 4.78 is 6.70. The maximum atomic E-state index is 12.6. The van der Waals surface area contributed by atoms with Crippen LogP contribution < -0.4 is 5.32 Å². The fourth-order valence-corrected chi connectivity index (χ4v) is 3.31. The first kappa shape index (κ1) is 21.3. The van der Waals surface area contributed by atoms with Crippen LogP contribution in [0, 0.1) is 6.92 Å². The summed E-state index contributed by atoms with van der Waals surface area (Å²) in [6.45, 7) is 1.40. The van der Waals surface area contributed by atoms with E-state index in [-0.39, 0.29) is 5.82 Å². The van der Waals surface area contributed by atoms with Crippen LogP contribution in [0.2, 0.25) is 5.02 Å². The van der Waals surface area contributed by atoms with E-state index in [9.17, 15) is 9.59 Å². The fourth-order valence-electron chi connectivity index (χ4n) is 3.03. The molecule has 8 heteroatoms. The molecule has 1 N–H and O–H groups in total. The van der Waals surface area contributed by atoms with Crippen LogP contribution in [0.25, 0.3) is 17.1 Å². The Morgan fingerprint density at radius 2 is 1.69 bits per heavy atom. The van der Waals surface area contributed by atoms with E-state index in [4.69, 9.17) is 16.3 Å². The standard InChI is InChI=1S/C24H19ClN4O3/c1-16-12-13-20(19(25)14-16)26-21(30)15-32-24(31)22-27-23(17-8-4-2-5-9-17)29(28-22)18-10-6-3-7-11-18/h2-14H,15H2,1H3,(H,26,30). The molecule has 0 radical (unpaired) electrons. The molecule has 0 saturated heterocycles. The van der Waals surface area contributed by atoms with Gasteiger partial charge in [0.1, 0.15) is 0 Å². The van der Waals surface area contributed by atoms with E-state index in [0.717, 1.165) is 16.8 Å². The SMILES string of the molecule is Cc1ccc(NC(=O)COC(=O)c2nc(-c3ccccc3)n(-c3ccccc3)n2)c(Cl)c1. The average Bonchev–Trinajstić information content (AvgIpc) is 3.26. The fraction of sp³-hybridized carbons (Fsp3) is 0.0833. The second-order valence-electron chi connectivity index (χ2n) is 6.98. The topological polar surface area (TPSA) is 86.1 Å². The Morgan fingerprint density at radius 1 is 1.00 bits per heavy atom. The number of halogens is 1. The molecule has 4 rings (SSSR count). The lowest BCUT2D eigenvalue weighted by Crippen LogP contribution is -2.21. The molecule has 0 atom stereocenters. The maximum absolute atomic E-state index is 12.6. The van der Waals surface area contributed by atoms with Crippen LogP contribution in [-0.2, 0) is 9.53 Å².